The molecule has 0 saturated heterocycles. The molecule has 5 nitrogen and oxygen atoms in total. The predicted octanol–water partition coefficient (Wildman–Crippen LogP) is 5.81. The Kier molecular flexibility index (Phi) is 6.05. The Morgan fingerprint density at radius 2 is 1.89 bits per heavy atom. The molecule has 3 aromatic rings. The summed E-state index contributed by atoms with van der Waals surface area (Å²) in [5.41, 5.74) is 1.06. The van der Waals surface area contributed by atoms with Crippen LogP contribution < -0.4 is 10.1 Å². The van der Waals surface area contributed by atoms with E-state index in [0.29, 0.717) is 38.6 Å². The minimum Gasteiger partial charge on any atom is -0.497 e. The smallest absolute Gasteiger partial charge is 0.266 e. The van der Waals surface area contributed by atoms with Gasteiger partial charge in [0.25, 0.3) is 5.91 Å². The first-order chi connectivity index (χ1) is 13.5. The number of ether oxygens (including phenoxy) is 1. The highest BCUT2D eigenvalue weighted by atomic mass is 35.5. The van der Waals surface area contributed by atoms with Gasteiger partial charge >= 0.3 is 0 Å². The van der Waals surface area contributed by atoms with Crippen LogP contribution >= 0.6 is 23.2 Å². The number of nitriles is 1. The Morgan fingerprint density at radius 1 is 1.14 bits per heavy atom. The molecule has 1 N–H and O–H groups in total. The highest BCUT2D eigenvalue weighted by Crippen LogP contribution is 2.34. The van der Waals surface area contributed by atoms with Gasteiger partial charge in [-0.05, 0) is 48.5 Å². The van der Waals surface area contributed by atoms with Crippen molar-refractivity contribution >= 4 is 40.9 Å². The fourth-order valence-corrected chi connectivity index (χ4v) is 2.83. The number of amides is 1. The van der Waals surface area contributed by atoms with E-state index in [0.717, 1.165) is 0 Å². The quantitative estimate of drug-likeness (QED) is 0.423. The first-order valence-corrected chi connectivity index (χ1v) is 8.89. The zero-order chi connectivity index (χ0) is 20.1. The topological polar surface area (TPSA) is 75.3 Å². The lowest BCUT2D eigenvalue weighted by molar-refractivity contribution is -0.112. The number of carbonyl (C=O) groups is 1. The van der Waals surface area contributed by atoms with Gasteiger partial charge in [-0.25, -0.2) is 0 Å². The third-order valence-corrected chi connectivity index (χ3v) is 4.66. The summed E-state index contributed by atoms with van der Waals surface area (Å²) in [4.78, 5) is 12.4. The number of benzene rings is 2. The van der Waals surface area contributed by atoms with Gasteiger partial charge < -0.3 is 14.5 Å². The molecule has 0 aliphatic heterocycles. The fourth-order valence-electron chi connectivity index (χ4n) is 2.43. The van der Waals surface area contributed by atoms with Crippen LogP contribution in [0.25, 0.3) is 17.4 Å². The number of rotatable bonds is 5. The highest BCUT2D eigenvalue weighted by Gasteiger charge is 2.13. The largest absolute Gasteiger partial charge is 0.497 e. The summed E-state index contributed by atoms with van der Waals surface area (Å²) in [6, 6.07) is 17.2. The van der Waals surface area contributed by atoms with E-state index >= 15 is 0 Å². The second-order valence-corrected chi connectivity index (χ2v) is 6.44. The average molecular weight is 413 g/mol. The molecule has 2 aromatic carbocycles. The minimum absolute atomic E-state index is 0.103. The second-order valence-electron chi connectivity index (χ2n) is 5.66. The molecule has 1 aromatic heterocycles. The summed E-state index contributed by atoms with van der Waals surface area (Å²) in [6.45, 7) is 0. The van der Waals surface area contributed by atoms with Gasteiger partial charge in [-0.3, -0.25) is 4.79 Å². The van der Waals surface area contributed by atoms with Gasteiger partial charge in [-0.1, -0.05) is 29.3 Å². The molecule has 0 radical (unpaired) electrons. The van der Waals surface area contributed by atoms with E-state index in [1.165, 1.54) is 6.08 Å². The first kappa shape index (κ1) is 19.6. The lowest BCUT2D eigenvalue weighted by Gasteiger charge is -2.05. The van der Waals surface area contributed by atoms with Crippen LogP contribution in [-0.4, -0.2) is 13.0 Å². The maximum Gasteiger partial charge on any atom is 0.266 e. The van der Waals surface area contributed by atoms with Gasteiger partial charge in [0.2, 0.25) is 0 Å². The van der Waals surface area contributed by atoms with Crippen LogP contribution in [0.15, 0.2) is 64.6 Å². The number of methoxy groups -OCH3 is 1. The number of furan rings is 1. The summed E-state index contributed by atoms with van der Waals surface area (Å²) < 4.78 is 10.8. The zero-order valence-electron chi connectivity index (χ0n) is 14.7. The molecule has 0 saturated carbocycles. The van der Waals surface area contributed by atoms with Crippen LogP contribution in [0.1, 0.15) is 5.76 Å². The molecule has 7 heteroatoms. The predicted molar refractivity (Wildman–Crippen MR) is 109 cm³/mol. The summed E-state index contributed by atoms with van der Waals surface area (Å²) in [5.74, 6) is 0.933. The summed E-state index contributed by atoms with van der Waals surface area (Å²) >= 11 is 12.2. The van der Waals surface area contributed by atoms with E-state index in [1.807, 2.05) is 6.07 Å². The van der Waals surface area contributed by atoms with Crippen LogP contribution in [0.4, 0.5) is 5.69 Å². The molecule has 0 aliphatic rings. The Hall–Kier alpha value is -3.20. The molecular weight excluding hydrogens is 399 g/mol. The van der Waals surface area contributed by atoms with Crippen LogP contribution in [0, 0.1) is 11.3 Å². The summed E-state index contributed by atoms with van der Waals surface area (Å²) in [5, 5.41) is 12.8. The second kappa shape index (κ2) is 8.66. The number of nitrogens with zero attached hydrogens (tertiary/aromatic N) is 1. The van der Waals surface area contributed by atoms with Gasteiger partial charge in [0.05, 0.1) is 17.2 Å². The molecule has 0 aliphatic carbocycles. The molecule has 0 atom stereocenters. The van der Waals surface area contributed by atoms with Gasteiger partial charge in [0.15, 0.2) is 0 Å². The lowest BCUT2D eigenvalue weighted by Crippen LogP contribution is -2.13. The molecule has 0 unspecified atom stereocenters. The molecule has 140 valence electrons. The summed E-state index contributed by atoms with van der Waals surface area (Å²) in [7, 11) is 1.55. The standard InChI is InChI=1S/C21H14Cl2N2O3/c1-27-15-7-5-14(6-8-15)25-21(26)13(12-24)11-16-9-10-19(28-16)17-3-2-4-18(22)20(17)23/h2-11H,1H3,(H,25,26)/b13-11+. The molecule has 1 amide bonds. The van der Waals surface area contributed by atoms with E-state index < -0.39 is 5.91 Å². The van der Waals surface area contributed by atoms with Crippen molar-refractivity contribution < 1.29 is 13.9 Å². The molecule has 28 heavy (non-hydrogen) atoms. The van der Waals surface area contributed by atoms with Crippen molar-refractivity contribution in [3.8, 4) is 23.1 Å². The van der Waals surface area contributed by atoms with Gasteiger partial charge in [-0.15, -0.1) is 0 Å². The van der Waals surface area contributed by atoms with Crippen molar-refractivity contribution in [2.45, 2.75) is 0 Å². The minimum atomic E-state index is -0.550. The van der Waals surface area contributed by atoms with E-state index in [9.17, 15) is 10.1 Å². The van der Waals surface area contributed by atoms with Crippen molar-refractivity contribution in [3.05, 3.63) is 76.0 Å². The van der Waals surface area contributed by atoms with E-state index in [4.69, 9.17) is 32.4 Å². The molecule has 1 heterocycles. The van der Waals surface area contributed by atoms with Crippen molar-refractivity contribution in [1.29, 1.82) is 5.26 Å². The number of halogens is 2. The first-order valence-electron chi connectivity index (χ1n) is 8.13. The average Bonchev–Trinajstić information content (AvgIpc) is 3.17. The van der Waals surface area contributed by atoms with E-state index in [2.05, 4.69) is 5.32 Å². The molecule has 0 bridgehead atoms. The van der Waals surface area contributed by atoms with E-state index in [-0.39, 0.29) is 5.57 Å². The Bertz CT molecular complexity index is 1080. The Balaban J connectivity index is 1.80. The van der Waals surface area contributed by atoms with Crippen LogP contribution in [-0.2, 0) is 4.79 Å². The number of hydrogen-bond donors (Lipinski definition) is 1. The van der Waals surface area contributed by atoms with Crippen molar-refractivity contribution in [2.24, 2.45) is 0 Å². The number of carbonyl (C=O) groups excluding carboxylic acids is 1. The maximum atomic E-state index is 12.4. The molecule has 0 fully saturated rings. The van der Waals surface area contributed by atoms with Crippen LogP contribution in [0.5, 0.6) is 5.75 Å². The number of anilines is 1. The lowest BCUT2D eigenvalue weighted by atomic mass is 10.2. The van der Waals surface area contributed by atoms with Crippen molar-refractivity contribution in [3.63, 3.8) is 0 Å². The van der Waals surface area contributed by atoms with Gasteiger partial charge in [0.1, 0.15) is 28.9 Å². The normalized spacial score (nSPS) is 11.0. The Labute approximate surface area is 171 Å². The Morgan fingerprint density at radius 3 is 2.57 bits per heavy atom. The molecular formula is C21H14Cl2N2O3. The highest BCUT2D eigenvalue weighted by molar-refractivity contribution is 6.43. The SMILES string of the molecule is COc1ccc(NC(=O)/C(C#N)=C/c2ccc(-c3cccc(Cl)c3Cl)o2)cc1. The zero-order valence-corrected chi connectivity index (χ0v) is 16.2. The molecule has 0 spiro atoms. The number of hydrogen-bond acceptors (Lipinski definition) is 4. The fraction of sp³-hybridized carbons (Fsp3) is 0.0476. The maximum absolute atomic E-state index is 12.4. The monoisotopic (exact) mass is 412 g/mol. The van der Waals surface area contributed by atoms with Gasteiger partial charge in [0, 0.05) is 17.3 Å². The summed E-state index contributed by atoms with van der Waals surface area (Å²) in [6.07, 6.45) is 1.36. The van der Waals surface area contributed by atoms with Gasteiger partial charge in [-0.2, -0.15) is 5.26 Å². The van der Waals surface area contributed by atoms with Crippen LogP contribution in [0.2, 0.25) is 10.0 Å². The van der Waals surface area contributed by atoms with Crippen molar-refractivity contribution in [2.75, 3.05) is 12.4 Å². The van der Waals surface area contributed by atoms with Crippen molar-refractivity contribution in [1.82, 2.24) is 0 Å². The van der Waals surface area contributed by atoms with Crippen LogP contribution in [0.3, 0.4) is 0 Å². The third kappa shape index (κ3) is 4.37. The number of nitrogens with one attached hydrogen (secondary N) is 1. The van der Waals surface area contributed by atoms with E-state index in [1.54, 1.807) is 61.7 Å². The third-order valence-electron chi connectivity index (χ3n) is 3.84. The molecule has 3 rings (SSSR count).